The number of nitrogens with zero attached hydrogens (tertiary/aromatic N) is 1. The topological polar surface area (TPSA) is 87.7 Å². The second kappa shape index (κ2) is 10.9. The van der Waals surface area contributed by atoms with Crippen LogP contribution < -0.4 is 20.3 Å². The molecule has 2 N–H and O–H groups in total. The smallest absolute Gasteiger partial charge is 0.262 e. The van der Waals surface area contributed by atoms with Crippen LogP contribution in [0.4, 0.5) is 11.4 Å². The predicted molar refractivity (Wildman–Crippen MR) is 135 cm³/mol. The summed E-state index contributed by atoms with van der Waals surface area (Å²) >= 11 is 0. The summed E-state index contributed by atoms with van der Waals surface area (Å²) in [4.78, 5) is 39.0. The van der Waals surface area contributed by atoms with Crippen molar-refractivity contribution >= 4 is 29.1 Å². The third-order valence-corrected chi connectivity index (χ3v) is 5.99. The van der Waals surface area contributed by atoms with Crippen LogP contribution >= 0.6 is 0 Å². The van der Waals surface area contributed by atoms with Crippen molar-refractivity contribution in [3.8, 4) is 5.75 Å². The van der Waals surface area contributed by atoms with Gasteiger partial charge in [-0.1, -0.05) is 42.5 Å². The van der Waals surface area contributed by atoms with Gasteiger partial charge in [0, 0.05) is 30.9 Å². The molecule has 0 saturated carbocycles. The van der Waals surface area contributed by atoms with Crippen molar-refractivity contribution in [3.63, 3.8) is 0 Å². The molecule has 3 aromatic rings. The molecule has 3 aromatic carbocycles. The summed E-state index contributed by atoms with van der Waals surface area (Å²) in [6.07, 6.45) is 0.178. The first kappa shape index (κ1) is 24.0. The highest BCUT2D eigenvalue weighted by Gasteiger charge is 2.35. The summed E-state index contributed by atoms with van der Waals surface area (Å²) < 4.78 is 5.61. The molecule has 1 aliphatic heterocycles. The van der Waals surface area contributed by atoms with Crippen molar-refractivity contribution in [2.45, 2.75) is 26.8 Å². The SMILES string of the molecule is Cc1ccc(C)c(NC(=O)COc2ccc(N3CC(C(=O)NCc4ccccc4)CC3=O)cc2)c1. The number of nitrogens with one attached hydrogen (secondary N) is 2. The molecule has 180 valence electrons. The Bertz CT molecular complexity index is 1210. The van der Waals surface area contributed by atoms with Crippen LogP contribution in [0.15, 0.2) is 72.8 Å². The fourth-order valence-electron chi connectivity index (χ4n) is 3.99. The van der Waals surface area contributed by atoms with Crippen LogP contribution in [0.5, 0.6) is 5.75 Å². The Balaban J connectivity index is 1.28. The van der Waals surface area contributed by atoms with Crippen LogP contribution in [0.1, 0.15) is 23.1 Å². The summed E-state index contributed by atoms with van der Waals surface area (Å²) in [6.45, 7) is 4.55. The number of hydrogen-bond acceptors (Lipinski definition) is 4. The van der Waals surface area contributed by atoms with Gasteiger partial charge in [0.25, 0.3) is 5.91 Å². The maximum atomic E-state index is 12.6. The van der Waals surface area contributed by atoms with Gasteiger partial charge in [-0.15, -0.1) is 0 Å². The number of ether oxygens (including phenoxy) is 1. The molecule has 0 aromatic heterocycles. The minimum Gasteiger partial charge on any atom is -0.484 e. The Morgan fingerprint density at radius 2 is 1.74 bits per heavy atom. The second-order valence-electron chi connectivity index (χ2n) is 8.76. The Hall–Kier alpha value is -4.13. The highest BCUT2D eigenvalue weighted by atomic mass is 16.5. The van der Waals surface area contributed by atoms with E-state index in [9.17, 15) is 14.4 Å². The average molecular weight is 472 g/mol. The molecule has 1 aliphatic rings. The molecule has 0 aliphatic carbocycles. The van der Waals surface area contributed by atoms with Crippen LogP contribution in [0.2, 0.25) is 0 Å². The van der Waals surface area contributed by atoms with Gasteiger partial charge in [-0.3, -0.25) is 14.4 Å². The fraction of sp³-hybridized carbons (Fsp3) is 0.250. The molecular formula is C28H29N3O4. The van der Waals surface area contributed by atoms with E-state index in [1.54, 1.807) is 29.2 Å². The standard InChI is InChI=1S/C28H29N3O4/c1-19-8-9-20(2)25(14-19)30-26(32)18-35-24-12-10-23(11-13-24)31-17-22(15-27(31)33)28(34)29-16-21-6-4-3-5-7-21/h3-14,22H,15-18H2,1-2H3,(H,29,34)(H,30,32). The van der Waals surface area contributed by atoms with Crippen molar-refractivity contribution < 1.29 is 19.1 Å². The lowest BCUT2D eigenvalue weighted by atomic mass is 10.1. The van der Waals surface area contributed by atoms with Crippen molar-refractivity contribution in [1.29, 1.82) is 0 Å². The lowest BCUT2D eigenvalue weighted by Crippen LogP contribution is -2.32. The Kier molecular flexibility index (Phi) is 7.45. The van der Waals surface area contributed by atoms with Gasteiger partial charge in [0.15, 0.2) is 6.61 Å². The molecule has 7 heteroatoms. The highest BCUT2D eigenvalue weighted by molar-refractivity contribution is 6.00. The number of hydrogen-bond donors (Lipinski definition) is 2. The van der Waals surface area contributed by atoms with Gasteiger partial charge >= 0.3 is 0 Å². The van der Waals surface area contributed by atoms with Crippen molar-refractivity contribution in [3.05, 3.63) is 89.5 Å². The van der Waals surface area contributed by atoms with Crippen LogP contribution in [-0.4, -0.2) is 30.9 Å². The number of amides is 3. The second-order valence-corrected chi connectivity index (χ2v) is 8.76. The number of aryl methyl sites for hydroxylation is 2. The molecule has 0 radical (unpaired) electrons. The van der Waals surface area contributed by atoms with Gasteiger partial charge in [-0.05, 0) is 60.9 Å². The van der Waals surface area contributed by atoms with Crippen LogP contribution in [-0.2, 0) is 20.9 Å². The summed E-state index contributed by atoms with van der Waals surface area (Å²) in [5, 5.41) is 5.78. The lowest BCUT2D eigenvalue weighted by molar-refractivity contribution is -0.126. The van der Waals surface area contributed by atoms with Crippen molar-refractivity contribution in [2.75, 3.05) is 23.4 Å². The Labute approximate surface area is 205 Å². The Morgan fingerprint density at radius 1 is 1.00 bits per heavy atom. The lowest BCUT2D eigenvalue weighted by Gasteiger charge is -2.17. The van der Waals surface area contributed by atoms with E-state index in [1.807, 2.05) is 62.4 Å². The average Bonchev–Trinajstić information content (AvgIpc) is 3.26. The summed E-state index contributed by atoms with van der Waals surface area (Å²) in [6, 6.07) is 22.5. The normalized spacial score (nSPS) is 15.1. The van der Waals surface area contributed by atoms with Gasteiger partial charge in [-0.25, -0.2) is 0 Å². The van der Waals surface area contributed by atoms with Gasteiger partial charge in [0.1, 0.15) is 5.75 Å². The zero-order valence-corrected chi connectivity index (χ0v) is 19.9. The first-order chi connectivity index (χ1) is 16.9. The van der Waals surface area contributed by atoms with Gasteiger partial charge in [0.2, 0.25) is 11.8 Å². The third-order valence-electron chi connectivity index (χ3n) is 5.99. The maximum absolute atomic E-state index is 12.6. The molecule has 3 amide bonds. The summed E-state index contributed by atoms with van der Waals surface area (Å²) in [5.41, 5.74) is 4.52. The van der Waals surface area contributed by atoms with Gasteiger partial charge in [-0.2, -0.15) is 0 Å². The van der Waals surface area contributed by atoms with E-state index in [4.69, 9.17) is 4.74 Å². The predicted octanol–water partition coefficient (Wildman–Crippen LogP) is 3.99. The zero-order chi connectivity index (χ0) is 24.8. The molecule has 1 unspecified atom stereocenters. The number of benzene rings is 3. The summed E-state index contributed by atoms with van der Waals surface area (Å²) in [5.74, 6) is -0.336. The van der Waals surface area contributed by atoms with E-state index in [-0.39, 0.29) is 30.7 Å². The molecule has 1 atom stereocenters. The fourth-order valence-corrected chi connectivity index (χ4v) is 3.99. The number of carbonyl (C=O) groups is 3. The van der Waals surface area contributed by atoms with E-state index < -0.39 is 5.92 Å². The zero-order valence-electron chi connectivity index (χ0n) is 19.9. The van der Waals surface area contributed by atoms with Gasteiger partial charge in [0.05, 0.1) is 5.92 Å². The molecule has 1 fully saturated rings. The van der Waals surface area contributed by atoms with E-state index in [0.717, 1.165) is 22.4 Å². The molecular weight excluding hydrogens is 442 g/mol. The Morgan fingerprint density at radius 3 is 2.49 bits per heavy atom. The first-order valence-corrected chi connectivity index (χ1v) is 11.6. The van der Waals surface area contributed by atoms with E-state index in [2.05, 4.69) is 10.6 Å². The molecule has 7 nitrogen and oxygen atoms in total. The number of carbonyl (C=O) groups excluding carboxylic acids is 3. The minimum absolute atomic E-state index is 0.0913. The van der Waals surface area contributed by atoms with Gasteiger partial charge < -0.3 is 20.3 Å². The van der Waals surface area contributed by atoms with Crippen molar-refractivity contribution in [2.24, 2.45) is 5.92 Å². The van der Waals surface area contributed by atoms with Crippen LogP contribution in [0, 0.1) is 19.8 Å². The number of rotatable bonds is 8. The van der Waals surface area contributed by atoms with Crippen LogP contribution in [0.25, 0.3) is 0 Å². The molecule has 1 heterocycles. The molecule has 35 heavy (non-hydrogen) atoms. The monoisotopic (exact) mass is 471 g/mol. The first-order valence-electron chi connectivity index (χ1n) is 11.6. The quantitative estimate of drug-likeness (QED) is 0.520. The number of anilines is 2. The highest BCUT2D eigenvalue weighted by Crippen LogP contribution is 2.27. The van der Waals surface area contributed by atoms with E-state index >= 15 is 0 Å². The van der Waals surface area contributed by atoms with E-state index in [0.29, 0.717) is 24.5 Å². The molecule has 0 spiro atoms. The molecule has 1 saturated heterocycles. The minimum atomic E-state index is -0.393. The van der Waals surface area contributed by atoms with E-state index in [1.165, 1.54) is 0 Å². The molecule has 0 bridgehead atoms. The largest absolute Gasteiger partial charge is 0.484 e. The van der Waals surface area contributed by atoms with Crippen LogP contribution in [0.3, 0.4) is 0 Å². The van der Waals surface area contributed by atoms with Crippen molar-refractivity contribution in [1.82, 2.24) is 5.32 Å². The maximum Gasteiger partial charge on any atom is 0.262 e. The summed E-state index contributed by atoms with van der Waals surface area (Å²) in [7, 11) is 0. The molecule has 4 rings (SSSR count). The third kappa shape index (κ3) is 6.26.